The minimum absolute atomic E-state index is 0.130. The molecule has 0 aliphatic heterocycles. The number of carbonyl (C=O) groups is 3. The lowest BCUT2D eigenvalue weighted by molar-refractivity contribution is -0.182. The quantitative estimate of drug-likeness (QED) is 0.396. The van der Waals surface area contributed by atoms with E-state index in [1.807, 2.05) is 0 Å². The fraction of sp³-hybridized carbons (Fsp3) is 0.333. The predicted octanol–water partition coefficient (Wildman–Crippen LogP) is 4.82. The summed E-state index contributed by atoms with van der Waals surface area (Å²) in [7, 11) is 0. The van der Waals surface area contributed by atoms with Crippen molar-refractivity contribution in [1.29, 1.82) is 0 Å². The first kappa shape index (κ1) is 24.2. The van der Waals surface area contributed by atoms with E-state index in [1.165, 1.54) is 39.0 Å². The summed E-state index contributed by atoms with van der Waals surface area (Å²) in [4.78, 5) is 35.6. The van der Waals surface area contributed by atoms with Gasteiger partial charge in [0.2, 0.25) is 5.78 Å². The molecule has 1 radical (unpaired) electrons. The minimum Gasteiger partial charge on any atom is -0.443 e. The number of amides is 2. The van der Waals surface area contributed by atoms with Crippen LogP contribution >= 0.6 is 0 Å². The first-order valence-corrected chi connectivity index (χ1v) is 7.83. The molecule has 0 fully saturated rings. The van der Waals surface area contributed by atoms with Crippen molar-refractivity contribution in [2.75, 3.05) is 0 Å². The summed E-state index contributed by atoms with van der Waals surface area (Å²) >= 11 is 0. The second kappa shape index (κ2) is 8.26. The van der Waals surface area contributed by atoms with Crippen LogP contribution < -0.4 is 0 Å². The summed E-state index contributed by atoms with van der Waals surface area (Å²) in [6.45, 7) is 7.04. The number of Topliss-reactive ketones (excluding diaryl/α,β-unsaturated/α-hetero) is 1. The van der Waals surface area contributed by atoms with Gasteiger partial charge in [-0.05, 0) is 33.3 Å². The lowest BCUT2D eigenvalue weighted by Crippen LogP contribution is -2.48. The Bertz CT molecular complexity index is 834. The Morgan fingerprint density at radius 3 is 1.93 bits per heavy atom. The molecule has 1 aromatic carbocycles. The molecular formula is C18H16F6NO4. The number of nitrogens with zero attached hydrogens (tertiary/aromatic N) is 1. The second-order valence-corrected chi connectivity index (χ2v) is 6.68. The summed E-state index contributed by atoms with van der Waals surface area (Å²) < 4.78 is 82.6. The average Bonchev–Trinajstić information content (AvgIpc) is 2.50. The van der Waals surface area contributed by atoms with Gasteiger partial charge in [0.25, 0.3) is 0 Å². The Morgan fingerprint density at radius 1 is 1.00 bits per heavy atom. The number of ether oxygens (including phenoxy) is 1. The maximum atomic E-state index is 13.0. The fourth-order valence-electron chi connectivity index (χ4n) is 1.99. The van der Waals surface area contributed by atoms with E-state index in [9.17, 15) is 40.7 Å². The van der Waals surface area contributed by atoms with Crippen molar-refractivity contribution in [2.24, 2.45) is 0 Å². The molecule has 0 unspecified atom stereocenters. The summed E-state index contributed by atoms with van der Waals surface area (Å²) in [6.07, 6.45) is -14.1. The topological polar surface area (TPSA) is 63.7 Å². The first-order chi connectivity index (χ1) is 12.9. The van der Waals surface area contributed by atoms with Crippen molar-refractivity contribution in [3.05, 3.63) is 54.1 Å². The van der Waals surface area contributed by atoms with Gasteiger partial charge in [-0.25, -0.2) is 9.69 Å². The monoisotopic (exact) mass is 424 g/mol. The molecule has 29 heavy (non-hydrogen) atoms. The van der Waals surface area contributed by atoms with Gasteiger partial charge in [-0.2, -0.15) is 26.3 Å². The summed E-state index contributed by atoms with van der Waals surface area (Å²) in [5.74, 6) is -4.69. The van der Waals surface area contributed by atoms with E-state index in [1.54, 1.807) is 0 Å². The van der Waals surface area contributed by atoms with E-state index in [0.29, 0.717) is 0 Å². The highest BCUT2D eigenvalue weighted by atomic mass is 19.4. The molecule has 0 aromatic heterocycles. The molecule has 0 aliphatic rings. The number of hydrogen-bond acceptors (Lipinski definition) is 4. The van der Waals surface area contributed by atoms with Crippen LogP contribution in [-0.4, -0.2) is 40.6 Å². The number of allylic oxidation sites excluding steroid dienone is 2. The zero-order valence-electron chi connectivity index (χ0n) is 15.4. The fourth-order valence-corrected chi connectivity index (χ4v) is 1.99. The predicted molar refractivity (Wildman–Crippen MR) is 88.5 cm³/mol. The van der Waals surface area contributed by atoms with Crippen LogP contribution in [0.5, 0.6) is 0 Å². The molecule has 159 valence electrons. The van der Waals surface area contributed by atoms with Crippen LogP contribution in [0.2, 0.25) is 0 Å². The van der Waals surface area contributed by atoms with Crippen LogP contribution in [0.3, 0.4) is 0 Å². The second-order valence-electron chi connectivity index (χ2n) is 6.68. The van der Waals surface area contributed by atoms with Crippen LogP contribution in [0, 0.1) is 6.92 Å². The molecule has 1 rings (SSSR count). The van der Waals surface area contributed by atoms with Gasteiger partial charge in [0.15, 0.2) is 0 Å². The third-order valence-corrected chi connectivity index (χ3v) is 3.06. The number of alkyl halides is 6. The van der Waals surface area contributed by atoms with Gasteiger partial charge in [-0.15, -0.1) is 0 Å². The van der Waals surface area contributed by atoms with Gasteiger partial charge < -0.3 is 4.74 Å². The van der Waals surface area contributed by atoms with E-state index in [0.717, 1.165) is 6.07 Å². The lowest BCUT2D eigenvalue weighted by atomic mass is 10.0. The molecule has 0 N–H and O–H groups in total. The van der Waals surface area contributed by atoms with Crippen molar-refractivity contribution in [2.45, 2.75) is 38.7 Å². The standard InChI is InChI=1S/C18H16F6NO4/c1-10-7-5-6-8-11(10)13(26)12(9-17(19,20)21)25(14(27)18(22,23)24)15(28)29-16(2,3)4/h5-9H,1H2,2-4H3. The van der Waals surface area contributed by atoms with Crippen molar-refractivity contribution in [1.82, 2.24) is 4.90 Å². The molecule has 0 saturated carbocycles. The van der Waals surface area contributed by atoms with Crippen molar-refractivity contribution < 1.29 is 45.5 Å². The maximum absolute atomic E-state index is 13.0. The van der Waals surface area contributed by atoms with Crippen molar-refractivity contribution >= 4 is 17.8 Å². The molecular weight excluding hydrogens is 408 g/mol. The molecule has 0 atom stereocenters. The molecule has 0 saturated heterocycles. The van der Waals surface area contributed by atoms with E-state index in [-0.39, 0.29) is 5.56 Å². The highest BCUT2D eigenvalue weighted by molar-refractivity contribution is 6.15. The third kappa shape index (κ3) is 6.91. The average molecular weight is 424 g/mol. The van der Waals surface area contributed by atoms with Crippen LogP contribution in [-0.2, 0) is 9.53 Å². The molecule has 0 heterocycles. The number of carbonyl (C=O) groups excluding carboxylic acids is 3. The first-order valence-electron chi connectivity index (χ1n) is 7.83. The molecule has 11 heteroatoms. The number of hydrogen-bond donors (Lipinski definition) is 0. The van der Waals surface area contributed by atoms with Gasteiger partial charge in [-0.3, -0.25) is 9.59 Å². The SMILES string of the molecule is [CH2]c1ccccc1C(=O)C(=CC(F)(F)F)N(C(=O)OC(C)(C)C)C(=O)C(F)(F)F. The van der Waals surface area contributed by atoms with Crippen molar-refractivity contribution in [3.63, 3.8) is 0 Å². The Morgan fingerprint density at radius 2 is 1.52 bits per heavy atom. The number of imide groups is 1. The van der Waals surface area contributed by atoms with E-state index in [4.69, 9.17) is 0 Å². The molecule has 0 aliphatic carbocycles. The lowest BCUT2D eigenvalue weighted by Gasteiger charge is -2.28. The molecule has 5 nitrogen and oxygen atoms in total. The number of benzene rings is 1. The van der Waals surface area contributed by atoms with Gasteiger partial charge in [0.05, 0.1) is 0 Å². The normalized spacial score (nSPS) is 13.1. The summed E-state index contributed by atoms with van der Waals surface area (Å²) in [5, 5.41) is 0. The highest BCUT2D eigenvalue weighted by Crippen LogP contribution is 2.29. The number of ketones is 1. The third-order valence-electron chi connectivity index (χ3n) is 3.06. The van der Waals surface area contributed by atoms with Gasteiger partial charge in [0.1, 0.15) is 11.3 Å². The van der Waals surface area contributed by atoms with Crippen LogP contribution in [0.1, 0.15) is 36.7 Å². The number of halogens is 6. The summed E-state index contributed by atoms with van der Waals surface area (Å²) in [6, 6.07) is 4.79. The van der Waals surface area contributed by atoms with Crippen LogP contribution in [0.25, 0.3) is 0 Å². The van der Waals surface area contributed by atoms with Crippen LogP contribution in [0.15, 0.2) is 36.0 Å². The molecule has 0 bridgehead atoms. The molecule has 2 amide bonds. The summed E-state index contributed by atoms with van der Waals surface area (Å²) in [5.41, 5.74) is -4.01. The van der Waals surface area contributed by atoms with E-state index < -0.39 is 58.0 Å². The molecule has 0 spiro atoms. The zero-order valence-corrected chi connectivity index (χ0v) is 15.4. The molecule has 1 aromatic rings. The zero-order chi connectivity index (χ0) is 22.8. The Balaban J connectivity index is 3.71. The highest BCUT2D eigenvalue weighted by Gasteiger charge is 2.49. The number of rotatable bonds is 3. The minimum atomic E-state index is -5.77. The van der Waals surface area contributed by atoms with Gasteiger partial charge in [-0.1, -0.05) is 24.3 Å². The Hall–Kier alpha value is -2.85. The van der Waals surface area contributed by atoms with Crippen molar-refractivity contribution in [3.8, 4) is 0 Å². The van der Waals surface area contributed by atoms with Crippen LogP contribution in [0.4, 0.5) is 31.1 Å². The largest absolute Gasteiger partial charge is 0.472 e. The smallest absolute Gasteiger partial charge is 0.443 e. The van der Waals surface area contributed by atoms with Gasteiger partial charge >= 0.3 is 24.4 Å². The Kier molecular flexibility index (Phi) is 6.89. The Labute approximate surface area is 161 Å². The van der Waals surface area contributed by atoms with E-state index in [2.05, 4.69) is 11.7 Å². The van der Waals surface area contributed by atoms with E-state index >= 15 is 0 Å². The van der Waals surface area contributed by atoms with Gasteiger partial charge in [0, 0.05) is 11.6 Å². The maximum Gasteiger partial charge on any atom is 0.472 e.